The second kappa shape index (κ2) is 5.82. The molecule has 1 fully saturated rings. The van der Waals surface area contributed by atoms with Gasteiger partial charge in [0.25, 0.3) is 0 Å². The topological polar surface area (TPSA) is 61.9 Å². The first kappa shape index (κ1) is 12.1. The summed E-state index contributed by atoms with van der Waals surface area (Å²) >= 11 is 0. The summed E-state index contributed by atoms with van der Waals surface area (Å²) in [5.41, 5.74) is 0. The van der Waals surface area contributed by atoms with Crippen molar-refractivity contribution in [2.45, 2.75) is 32.2 Å². The maximum Gasteiger partial charge on any atom is 0.131 e. The number of nitrogens with zero attached hydrogens (tertiary/aromatic N) is 2. The molecule has 5 heteroatoms. The summed E-state index contributed by atoms with van der Waals surface area (Å²) in [6, 6.07) is 2.61. The summed E-state index contributed by atoms with van der Waals surface area (Å²) in [6.07, 6.45) is 3.76. The van der Waals surface area contributed by atoms with E-state index in [1.807, 2.05) is 20.0 Å². The van der Waals surface area contributed by atoms with Crippen LogP contribution in [-0.2, 0) is 0 Å². The van der Waals surface area contributed by atoms with E-state index in [4.69, 9.17) is 0 Å². The van der Waals surface area contributed by atoms with Crippen LogP contribution in [0, 0.1) is 6.92 Å². The summed E-state index contributed by atoms with van der Waals surface area (Å²) in [4.78, 5) is 8.63. The van der Waals surface area contributed by atoms with Gasteiger partial charge < -0.3 is 16.0 Å². The average molecular weight is 235 g/mol. The van der Waals surface area contributed by atoms with Crippen LogP contribution in [0.1, 0.15) is 25.1 Å². The van der Waals surface area contributed by atoms with Gasteiger partial charge in [-0.15, -0.1) is 0 Å². The average Bonchev–Trinajstić information content (AvgIpc) is 2.81. The predicted molar refractivity (Wildman–Crippen MR) is 70.4 cm³/mol. The van der Waals surface area contributed by atoms with Crippen LogP contribution in [0.15, 0.2) is 6.07 Å². The molecule has 1 aliphatic heterocycles. The van der Waals surface area contributed by atoms with Crippen LogP contribution in [-0.4, -0.2) is 36.1 Å². The number of anilines is 2. The fourth-order valence-corrected chi connectivity index (χ4v) is 2.16. The van der Waals surface area contributed by atoms with Crippen molar-refractivity contribution in [3.63, 3.8) is 0 Å². The van der Waals surface area contributed by atoms with E-state index in [1.165, 1.54) is 19.4 Å². The Bertz CT molecular complexity index is 360. The van der Waals surface area contributed by atoms with Crippen LogP contribution >= 0.6 is 0 Å². The molecule has 0 radical (unpaired) electrons. The lowest BCUT2D eigenvalue weighted by molar-refractivity contribution is 0.574. The molecule has 1 aliphatic rings. The highest BCUT2D eigenvalue weighted by Gasteiger charge is 2.13. The van der Waals surface area contributed by atoms with Crippen molar-refractivity contribution < 1.29 is 0 Å². The lowest BCUT2D eigenvalue weighted by Crippen LogP contribution is -2.24. The highest BCUT2D eigenvalue weighted by molar-refractivity contribution is 5.46. The molecule has 3 N–H and O–H groups in total. The SMILES string of the molecule is CNc1cc(NCCC2CCCN2)nc(C)n1. The molecule has 5 nitrogen and oxygen atoms in total. The molecule has 0 aliphatic carbocycles. The van der Waals surface area contributed by atoms with Gasteiger partial charge in [-0.2, -0.15) is 0 Å². The Hall–Kier alpha value is -1.36. The smallest absolute Gasteiger partial charge is 0.131 e. The van der Waals surface area contributed by atoms with Gasteiger partial charge in [0, 0.05) is 25.7 Å². The second-order valence-corrected chi connectivity index (χ2v) is 4.44. The molecule has 1 aromatic heterocycles. The van der Waals surface area contributed by atoms with Crippen molar-refractivity contribution >= 4 is 11.6 Å². The Labute approximate surface area is 102 Å². The zero-order valence-corrected chi connectivity index (χ0v) is 10.6. The molecule has 0 saturated carbocycles. The van der Waals surface area contributed by atoms with Gasteiger partial charge >= 0.3 is 0 Å². The molecule has 1 atom stereocenters. The van der Waals surface area contributed by atoms with Crippen molar-refractivity contribution in [3.8, 4) is 0 Å². The molecule has 1 saturated heterocycles. The Kier molecular flexibility index (Phi) is 4.14. The van der Waals surface area contributed by atoms with Crippen LogP contribution in [0.4, 0.5) is 11.6 Å². The van der Waals surface area contributed by atoms with Crippen molar-refractivity contribution in [2.24, 2.45) is 0 Å². The van der Waals surface area contributed by atoms with Gasteiger partial charge in [-0.1, -0.05) is 0 Å². The molecule has 0 amide bonds. The van der Waals surface area contributed by atoms with Crippen LogP contribution in [0.25, 0.3) is 0 Å². The third kappa shape index (κ3) is 3.56. The Morgan fingerprint density at radius 1 is 1.41 bits per heavy atom. The minimum Gasteiger partial charge on any atom is -0.373 e. The Morgan fingerprint density at radius 2 is 2.24 bits per heavy atom. The number of aryl methyl sites for hydroxylation is 1. The summed E-state index contributed by atoms with van der Waals surface area (Å²) in [6.45, 7) is 4.03. The number of aromatic nitrogens is 2. The van der Waals surface area contributed by atoms with Gasteiger partial charge in [0.15, 0.2) is 0 Å². The summed E-state index contributed by atoms with van der Waals surface area (Å²) in [7, 11) is 1.87. The first-order chi connectivity index (χ1) is 8.28. The number of nitrogens with one attached hydrogen (secondary N) is 3. The summed E-state index contributed by atoms with van der Waals surface area (Å²) < 4.78 is 0. The number of hydrogen-bond acceptors (Lipinski definition) is 5. The minimum atomic E-state index is 0.675. The van der Waals surface area contributed by atoms with E-state index in [0.717, 1.165) is 30.4 Å². The standard InChI is InChI=1S/C12H21N5/c1-9-16-11(13-2)8-12(17-9)15-7-5-10-4-3-6-14-10/h8,10,14H,3-7H2,1-2H3,(H2,13,15,16,17). The molecule has 1 unspecified atom stereocenters. The van der Waals surface area contributed by atoms with Gasteiger partial charge in [0.1, 0.15) is 17.5 Å². The third-order valence-corrected chi connectivity index (χ3v) is 3.06. The normalized spacial score (nSPS) is 19.3. The number of rotatable bonds is 5. The van der Waals surface area contributed by atoms with Gasteiger partial charge in [-0.25, -0.2) is 9.97 Å². The first-order valence-electron chi connectivity index (χ1n) is 6.28. The van der Waals surface area contributed by atoms with Gasteiger partial charge in [-0.05, 0) is 32.7 Å². The largest absolute Gasteiger partial charge is 0.373 e. The van der Waals surface area contributed by atoms with Crippen molar-refractivity contribution in [2.75, 3.05) is 30.8 Å². The van der Waals surface area contributed by atoms with E-state index in [2.05, 4.69) is 25.9 Å². The Balaban J connectivity index is 1.83. The van der Waals surface area contributed by atoms with Crippen LogP contribution in [0.3, 0.4) is 0 Å². The van der Waals surface area contributed by atoms with E-state index in [9.17, 15) is 0 Å². The fourth-order valence-electron chi connectivity index (χ4n) is 2.16. The number of hydrogen-bond donors (Lipinski definition) is 3. The van der Waals surface area contributed by atoms with E-state index in [0.29, 0.717) is 6.04 Å². The zero-order valence-electron chi connectivity index (χ0n) is 10.6. The molecule has 2 rings (SSSR count). The van der Waals surface area contributed by atoms with Crippen molar-refractivity contribution in [3.05, 3.63) is 11.9 Å². The van der Waals surface area contributed by atoms with Crippen LogP contribution in [0.2, 0.25) is 0 Å². The summed E-state index contributed by atoms with van der Waals surface area (Å²) in [5.74, 6) is 2.55. The molecule has 94 valence electrons. The second-order valence-electron chi connectivity index (χ2n) is 4.44. The fraction of sp³-hybridized carbons (Fsp3) is 0.667. The highest BCUT2D eigenvalue weighted by Crippen LogP contribution is 2.12. The lowest BCUT2D eigenvalue weighted by atomic mass is 10.1. The van der Waals surface area contributed by atoms with E-state index in [1.54, 1.807) is 0 Å². The maximum atomic E-state index is 4.36. The van der Waals surface area contributed by atoms with Crippen molar-refractivity contribution in [1.82, 2.24) is 15.3 Å². The summed E-state index contributed by atoms with van der Waals surface area (Å²) in [5, 5.41) is 9.88. The van der Waals surface area contributed by atoms with E-state index >= 15 is 0 Å². The van der Waals surface area contributed by atoms with Crippen LogP contribution in [0.5, 0.6) is 0 Å². The zero-order chi connectivity index (χ0) is 12.1. The molecule has 0 bridgehead atoms. The minimum absolute atomic E-state index is 0.675. The molecule has 1 aromatic rings. The molecular weight excluding hydrogens is 214 g/mol. The maximum absolute atomic E-state index is 4.36. The van der Waals surface area contributed by atoms with E-state index < -0.39 is 0 Å². The lowest BCUT2D eigenvalue weighted by Gasteiger charge is -2.12. The van der Waals surface area contributed by atoms with E-state index in [-0.39, 0.29) is 0 Å². The predicted octanol–water partition coefficient (Wildman–Crippen LogP) is 1.38. The first-order valence-corrected chi connectivity index (χ1v) is 6.28. The monoisotopic (exact) mass is 235 g/mol. The molecule has 0 aromatic carbocycles. The van der Waals surface area contributed by atoms with Gasteiger partial charge in [0.05, 0.1) is 0 Å². The highest BCUT2D eigenvalue weighted by atomic mass is 15.1. The quantitative estimate of drug-likeness (QED) is 0.719. The molecule has 2 heterocycles. The molecule has 17 heavy (non-hydrogen) atoms. The molecular formula is C12H21N5. The molecule has 0 spiro atoms. The van der Waals surface area contributed by atoms with Gasteiger partial charge in [0.2, 0.25) is 0 Å². The van der Waals surface area contributed by atoms with Gasteiger partial charge in [-0.3, -0.25) is 0 Å². The van der Waals surface area contributed by atoms with Crippen molar-refractivity contribution in [1.29, 1.82) is 0 Å². The Morgan fingerprint density at radius 3 is 2.94 bits per heavy atom. The van der Waals surface area contributed by atoms with Crippen LogP contribution < -0.4 is 16.0 Å². The third-order valence-electron chi connectivity index (χ3n) is 3.06.